The highest BCUT2D eigenvalue weighted by atomic mass is 79.9. The average Bonchev–Trinajstić information content (AvgIpc) is 1.86. The fraction of sp³-hybridized carbons (Fsp3) is 0.143. The summed E-state index contributed by atoms with van der Waals surface area (Å²) in [5.41, 5.74) is 0.764. The predicted octanol–water partition coefficient (Wildman–Crippen LogP) is 3.96. The quantitative estimate of drug-likeness (QED) is 0.689. The minimum atomic E-state index is -0.784. The first-order chi connectivity index (χ1) is 5.00. The SMILES string of the molecule is Fc1ccc(C(Cl)(Br)Br)cc1. The van der Waals surface area contributed by atoms with Gasteiger partial charge in [0.1, 0.15) is 5.82 Å². The van der Waals surface area contributed by atoms with Crippen LogP contribution in [0.25, 0.3) is 0 Å². The molecule has 0 nitrogen and oxygen atoms in total. The molecule has 0 heterocycles. The summed E-state index contributed by atoms with van der Waals surface area (Å²) in [5, 5.41) is 0. The second-order valence-corrected chi connectivity index (χ2v) is 6.93. The number of alkyl halides is 3. The van der Waals surface area contributed by atoms with E-state index in [2.05, 4.69) is 31.9 Å². The molecular weight excluding hydrogens is 298 g/mol. The number of rotatable bonds is 1. The molecular formula is C7H4Br2ClF. The normalized spacial score (nSPS) is 11.6. The van der Waals surface area contributed by atoms with Crippen molar-refractivity contribution in [2.24, 2.45) is 0 Å². The number of benzene rings is 1. The molecule has 0 unspecified atom stereocenters. The maximum Gasteiger partial charge on any atom is 0.178 e. The average molecular weight is 302 g/mol. The summed E-state index contributed by atoms with van der Waals surface area (Å²) in [5.74, 6) is -0.269. The predicted molar refractivity (Wildman–Crippen MR) is 51.8 cm³/mol. The molecule has 0 radical (unpaired) electrons. The van der Waals surface area contributed by atoms with Gasteiger partial charge in [-0.25, -0.2) is 4.39 Å². The highest BCUT2D eigenvalue weighted by Gasteiger charge is 2.20. The first kappa shape index (κ1) is 9.49. The van der Waals surface area contributed by atoms with E-state index in [-0.39, 0.29) is 5.82 Å². The van der Waals surface area contributed by atoms with Gasteiger partial charge in [-0.1, -0.05) is 23.7 Å². The first-order valence-electron chi connectivity index (χ1n) is 2.83. The van der Waals surface area contributed by atoms with Crippen LogP contribution >= 0.6 is 43.5 Å². The molecule has 0 aliphatic rings. The van der Waals surface area contributed by atoms with E-state index in [0.29, 0.717) is 0 Å². The van der Waals surface area contributed by atoms with Gasteiger partial charge in [0.15, 0.2) is 2.69 Å². The summed E-state index contributed by atoms with van der Waals surface area (Å²) in [4.78, 5) is 0. The van der Waals surface area contributed by atoms with Crippen LogP contribution in [-0.2, 0) is 2.69 Å². The lowest BCUT2D eigenvalue weighted by atomic mass is 10.2. The van der Waals surface area contributed by atoms with Crippen molar-refractivity contribution in [2.45, 2.75) is 2.69 Å². The molecule has 0 spiro atoms. The molecule has 0 aliphatic carbocycles. The Morgan fingerprint density at radius 1 is 1.18 bits per heavy atom. The second kappa shape index (κ2) is 3.42. The molecule has 0 aliphatic heterocycles. The van der Waals surface area contributed by atoms with Crippen molar-refractivity contribution in [3.63, 3.8) is 0 Å². The van der Waals surface area contributed by atoms with E-state index < -0.39 is 2.69 Å². The molecule has 0 bridgehead atoms. The number of hydrogen-bond acceptors (Lipinski definition) is 0. The lowest BCUT2D eigenvalue weighted by molar-refractivity contribution is 0.627. The number of hydrogen-bond donors (Lipinski definition) is 0. The molecule has 4 heteroatoms. The van der Waals surface area contributed by atoms with Crippen LogP contribution in [0, 0.1) is 5.82 Å². The van der Waals surface area contributed by atoms with E-state index in [9.17, 15) is 4.39 Å². The molecule has 0 fully saturated rings. The van der Waals surface area contributed by atoms with Gasteiger partial charge in [-0.3, -0.25) is 0 Å². The molecule has 0 N–H and O–H groups in total. The standard InChI is InChI=1S/C7H4Br2ClF/c8-7(9,10)5-1-3-6(11)4-2-5/h1-4H. The second-order valence-electron chi connectivity index (χ2n) is 2.00. The van der Waals surface area contributed by atoms with Gasteiger partial charge >= 0.3 is 0 Å². The van der Waals surface area contributed by atoms with Crippen LogP contribution < -0.4 is 0 Å². The summed E-state index contributed by atoms with van der Waals surface area (Å²) in [6, 6.07) is 5.92. The summed E-state index contributed by atoms with van der Waals surface area (Å²) >= 11 is 12.2. The van der Waals surface area contributed by atoms with Crippen molar-refractivity contribution >= 4 is 43.5 Å². The van der Waals surface area contributed by atoms with Crippen LogP contribution in [-0.4, -0.2) is 0 Å². The zero-order valence-corrected chi connectivity index (χ0v) is 9.25. The Bertz CT molecular complexity index is 240. The van der Waals surface area contributed by atoms with Gasteiger partial charge < -0.3 is 0 Å². The Morgan fingerprint density at radius 2 is 1.64 bits per heavy atom. The maximum atomic E-state index is 12.4. The van der Waals surface area contributed by atoms with Crippen LogP contribution in [0.4, 0.5) is 4.39 Å². The third kappa shape index (κ3) is 2.73. The van der Waals surface area contributed by atoms with Crippen molar-refractivity contribution in [2.75, 3.05) is 0 Å². The topological polar surface area (TPSA) is 0 Å². The minimum Gasteiger partial charge on any atom is -0.207 e. The lowest BCUT2D eigenvalue weighted by Crippen LogP contribution is -1.97. The van der Waals surface area contributed by atoms with Crippen LogP contribution in [0.1, 0.15) is 5.56 Å². The zero-order chi connectivity index (χ0) is 8.48. The van der Waals surface area contributed by atoms with E-state index in [1.165, 1.54) is 12.1 Å². The van der Waals surface area contributed by atoms with E-state index in [4.69, 9.17) is 11.6 Å². The highest BCUT2D eigenvalue weighted by Crippen LogP contribution is 2.41. The van der Waals surface area contributed by atoms with E-state index in [0.717, 1.165) is 5.56 Å². The number of halogens is 4. The first-order valence-corrected chi connectivity index (χ1v) is 4.79. The molecule has 60 valence electrons. The molecule has 1 rings (SSSR count). The van der Waals surface area contributed by atoms with Gasteiger partial charge in [0.2, 0.25) is 0 Å². The monoisotopic (exact) mass is 300 g/mol. The van der Waals surface area contributed by atoms with Gasteiger partial charge in [-0.15, -0.1) is 0 Å². The molecule has 1 aromatic carbocycles. The smallest absolute Gasteiger partial charge is 0.178 e. The van der Waals surface area contributed by atoms with Crippen molar-refractivity contribution in [1.29, 1.82) is 0 Å². The van der Waals surface area contributed by atoms with Gasteiger partial charge in [0.05, 0.1) is 0 Å². The highest BCUT2D eigenvalue weighted by molar-refractivity contribution is 9.25. The molecule has 0 aromatic heterocycles. The third-order valence-electron chi connectivity index (χ3n) is 1.17. The summed E-state index contributed by atoms with van der Waals surface area (Å²) in [7, 11) is 0. The zero-order valence-electron chi connectivity index (χ0n) is 5.32. The fourth-order valence-corrected chi connectivity index (χ4v) is 1.29. The molecule has 0 saturated carbocycles. The largest absolute Gasteiger partial charge is 0.207 e. The molecule has 11 heavy (non-hydrogen) atoms. The Morgan fingerprint density at radius 3 is 2.00 bits per heavy atom. The minimum absolute atomic E-state index is 0.269. The molecule has 1 aromatic rings. The molecule has 0 atom stereocenters. The van der Waals surface area contributed by atoms with Gasteiger partial charge in [0.25, 0.3) is 0 Å². The Hall–Kier alpha value is 0.400. The molecule has 0 saturated heterocycles. The molecule has 0 amide bonds. The van der Waals surface area contributed by atoms with Gasteiger partial charge in [-0.2, -0.15) is 0 Å². The van der Waals surface area contributed by atoms with Gasteiger partial charge in [-0.05, 0) is 49.6 Å². The third-order valence-corrected chi connectivity index (χ3v) is 2.31. The lowest BCUT2D eigenvalue weighted by Gasteiger charge is -2.10. The van der Waals surface area contributed by atoms with Crippen molar-refractivity contribution in [1.82, 2.24) is 0 Å². The summed E-state index contributed by atoms with van der Waals surface area (Å²) in [6.07, 6.45) is 0. The maximum absolute atomic E-state index is 12.4. The fourth-order valence-electron chi connectivity index (χ4n) is 0.639. The van der Waals surface area contributed by atoms with E-state index in [1.807, 2.05) is 0 Å². The van der Waals surface area contributed by atoms with Gasteiger partial charge in [0, 0.05) is 0 Å². The summed E-state index contributed by atoms with van der Waals surface area (Å²) in [6.45, 7) is 0. The van der Waals surface area contributed by atoms with E-state index >= 15 is 0 Å². The van der Waals surface area contributed by atoms with Crippen LogP contribution in [0.2, 0.25) is 0 Å². The van der Waals surface area contributed by atoms with Crippen LogP contribution in [0.15, 0.2) is 24.3 Å². The van der Waals surface area contributed by atoms with E-state index in [1.54, 1.807) is 12.1 Å². The van der Waals surface area contributed by atoms with Crippen LogP contribution in [0.5, 0.6) is 0 Å². The van der Waals surface area contributed by atoms with Crippen molar-refractivity contribution in [3.8, 4) is 0 Å². The van der Waals surface area contributed by atoms with Crippen molar-refractivity contribution in [3.05, 3.63) is 35.6 Å². The Kier molecular flexibility index (Phi) is 2.95. The van der Waals surface area contributed by atoms with Crippen LogP contribution in [0.3, 0.4) is 0 Å². The Balaban J connectivity index is 2.99. The Labute approximate surface area is 86.0 Å². The van der Waals surface area contributed by atoms with Crippen molar-refractivity contribution < 1.29 is 4.39 Å². The summed E-state index contributed by atoms with van der Waals surface area (Å²) < 4.78 is 11.6.